The summed E-state index contributed by atoms with van der Waals surface area (Å²) in [5.74, 6) is 0.607. The van der Waals surface area contributed by atoms with Crippen molar-refractivity contribution in [2.45, 2.75) is 0 Å². The molecule has 0 aliphatic heterocycles. The Morgan fingerprint density at radius 3 is 2.62 bits per heavy atom. The van der Waals surface area contributed by atoms with Crippen LogP contribution < -0.4 is 10.6 Å². The van der Waals surface area contributed by atoms with E-state index in [1.165, 1.54) is 6.26 Å². The Balaban J connectivity index is 1.64. The van der Waals surface area contributed by atoms with E-state index in [0.29, 0.717) is 16.5 Å². The summed E-state index contributed by atoms with van der Waals surface area (Å²) in [6, 6.07) is 9.50. The Labute approximate surface area is 123 Å². The van der Waals surface area contributed by atoms with Crippen LogP contribution in [0.4, 0.5) is 16.5 Å². The number of halogens is 1. The third kappa shape index (κ3) is 3.21. The first kappa shape index (κ1) is 13.2. The van der Waals surface area contributed by atoms with Crippen molar-refractivity contribution in [3.05, 3.63) is 47.7 Å². The van der Waals surface area contributed by atoms with Crippen LogP contribution in [0.3, 0.4) is 0 Å². The predicted octanol–water partition coefficient (Wildman–Crippen LogP) is 3.63. The van der Waals surface area contributed by atoms with Crippen molar-refractivity contribution in [1.82, 2.24) is 10.2 Å². The van der Waals surface area contributed by atoms with E-state index in [-0.39, 0.29) is 11.9 Å². The molecular weight excluding hydrogens is 296 g/mol. The van der Waals surface area contributed by atoms with E-state index in [9.17, 15) is 4.79 Å². The maximum absolute atomic E-state index is 11.8. The van der Waals surface area contributed by atoms with E-state index in [1.54, 1.807) is 36.4 Å². The zero-order valence-electron chi connectivity index (χ0n) is 10.5. The number of carbonyl (C=O) groups is 1. The van der Waals surface area contributed by atoms with Gasteiger partial charge in [-0.1, -0.05) is 16.7 Å². The standard InChI is InChI=1S/C13H9ClN4O3/c14-8-3-5-9(6-4-8)15-12(19)16-13-18-17-11(21-13)10-2-1-7-20-10/h1-7H,(H2,15,16,18,19). The highest BCUT2D eigenvalue weighted by Gasteiger charge is 2.12. The Hall–Kier alpha value is -2.80. The first-order valence-corrected chi connectivity index (χ1v) is 6.29. The fourth-order valence-electron chi connectivity index (χ4n) is 1.57. The number of nitrogens with zero attached hydrogens (tertiary/aromatic N) is 2. The van der Waals surface area contributed by atoms with Crippen LogP contribution in [0.25, 0.3) is 11.7 Å². The minimum atomic E-state index is -0.507. The average molecular weight is 305 g/mol. The van der Waals surface area contributed by atoms with Crippen LogP contribution >= 0.6 is 11.6 Å². The lowest BCUT2D eigenvalue weighted by molar-refractivity contribution is 0.261. The first-order valence-electron chi connectivity index (χ1n) is 5.92. The molecule has 2 N–H and O–H groups in total. The molecule has 8 heteroatoms. The van der Waals surface area contributed by atoms with Crippen LogP contribution in [-0.4, -0.2) is 16.2 Å². The van der Waals surface area contributed by atoms with Crippen LogP contribution in [0.5, 0.6) is 0 Å². The van der Waals surface area contributed by atoms with Gasteiger partial charge in [-0.05, 0) is 36.4 Å². The van der Waals surface area contributed by atoms with Gasteiger partial charge >= 0.3 is 12.0 Å². The number of carbonyl (C=O) groups excluding carboxylic acids is 1. The van der Waals surface area contributed by atoms with Gasteiger partial charge in [0.15, 0.2) is 5.76 Å². The van der Waals surface area contributed by atoms with Crippen molar-refractivity contribution in [3.8, 4) is 11.7 Å². The van der Waals surface area contributed by atoms with Gasteiger partial charge in [-0.2, -0.15) is 0 Å². The molecule has 0 unspecified atom stereocenters. The van der Waals surface area contributed by atoms with E-state index < -0.39 is 6.03 Å². The van der Waals surface area contributed by atoms with Crippen molar-refractivity contribution in [3.63, 3.8) is 0 Å². The topological polar surface area (TPSA) is 93.2 Å². The second-order valence-corrected chi connectivity index (χ2v) is 4.41. The van der Waals surface area contributed by atoms with Crippen molar-refractivity contribution in [2.24, 2.45) is 0 Å². The number of nitrogens with one attached hydrogen (secondary N) is 2. The summed E-state index contributed by atoms with van der Waals surface area (Å²) in [6.07, 6.45) is 1.49. The highest BCUT2D eigenvalue weighted by molar-refractivity contribution is 6.30. The van der Waals surface area contributed by atoms with Crippen LogP contribution in [0.2, 0.25) is 5.02 Å². The maximum atomic E-state index is 11.8. The molecule has 3 rings (SSSR count). The zero-order chi connectivity index (χ0) is 14.7. The van der Waals surface area contributed by atoms with E-state index in [1.807, 2.05) is 0 Å². The number of urea groups is 1. The largest absolute Gasteiger partial charge is 0.459 e. The number of rotatable bonds is 3. The molecule has 0 aliphatic carbocycles. The highest BCUT2D eigenvalue weighted by atomic mass is 35.5. The second kappa shape index (κ2) is 5.68. The van der Waals surface area contributed by atoms with Crippen LogP contribution in [-0.2, 0) is 0 Å². The molecule has 0 atom stereocenters. The monoisotopic (exact) mass is 304 g/mol. The number of hydrogen-bond acceptors (Lipinski definition) is 5. The molecule has 0 saturated heterocycles. The molecule has 0 fully saturated rings. The molecule has 0 radical (unpaired) electrons. The van der Waals surface area contributed by atoms with Crippen molar-refractivity contribution < 1.29 is 13.6 Å². The summed E-state index contributed by atoms with van der Waals surface area (Å²) < 4.78 is 10.4. The highest BCUT2D eigenvalue weighted by Crippen LogP contribution is 2.20. The third-order valence-corrected chi connectivity index (χ3v) is 2.73. The van der Waals surface area contributed by atoms with Gasteiger partial charge in [0, 0.05) is 10.7 Å². The van der Waals surface area contributed by atoms with E-state index >= 15 is 0 Å². The molecule has 0 spiro atoms. The molecule has 2 heterocycles. The lowest BCUT2D eigenvalue weighted by atomic mass is 10.3. The summed E-state index contributed by atoms with van der Waals surface area (Å²) in [4.78, 5) is 11.8. The molecule has 2 amide bonds. The predicted molar refractivity (Wildman–Crippen MR) is 76.1 cm³/mol. The van der Waals surface area contributed by atoms with Gasteiger partial charge in [0.05, 0.1) is 6.26 Å². The summed E-state index contributed by atoms with van der Waals surface area (Å²) >= 11 is 5.76. The SMILES string of the molecule is O=C(Nc1ccc(Cl)cc1)Nc1nnc(-c2ccco2)o1. The summed E-state index contributed by atoms with van der Waals surface area (Å²) in [5, 5.41) is 13.1. The second-order valence-electron chi connectivity index (χ2n) is 3.98. The molecule has 0 saturated carbocycles. The number of furan rings is 1. The smallest absolute Gasteiger partial charge is 0.327 e. The molecule has 0 bridgehead atoms. The summed E-state index contributed by atoms with van der Waals surface area (Å²) in [5.41, 5.74) is 0.586. The molecule has 106 valence electrons. The van der Waals surface area contributed by atoms with Crippen LogP contribution in [0, 0.1) is 0 Å². The quantitative estimate of drug-likeness (QED) is 0.770. The molecule has 3 aromatic rings. The Morgan fingerprint density at radius 2 is 1.90 bits per heavy atom. The summed E-state index contributed by atoms with van der Waals surface area (Å²) in [7, 11) is 0. The number of amides is 2. The minimum absolute atomic E-state index is 0.0344. The average Bonchev–Trinajstić information content (AvgIpc) is 3.12. The van der Waals surface area contributed by atoms with E-state index in [0.717, 1.165) is 0 Å². The normalized spacial score (nSPS) is 10.3. The number of aromatic nitrogens is 2. The van der Waals surface area contributed by atoms with Gasteiger partial charge < -0.3 is 14.2 Å². The van der Waals surface area contributed by atoms with Crippen molar-refractivity contribution in [1.29, 1.82) is 0 Å². The molecule has 1 aromatic carbocycles. The van der Waals surface area contributed by atoms with E-state index in [2.05, 4.69) is 20.8 Å². The zero-order valence-corrected chi connectivity index (χ0v) is 11.3. The van der Waals surface area contributed by atoms with E-state index in [4.69, 9.17) is 20.4 Å². The Morgan fingerprint density at radius 1 is 1.10 bits per heavy atom. The Bertz CT molecular complexity index is 737. The van der Waals surface area contributed by atoms with Gasteiger partial charge in [0.2, 0.25) is 0 Å². The summed E-state index contributed by atoms with van der Waals surface area (Å²) in [6.45, 7) is 0. The minimum Gasteiger partial charge on any atom is -0.459 e. The molecule has 21 heavy (non-hydrogen) atoms. The van der Waals surface area contributed by atoms with Gasteiger partial charge in [-0.25, -0.2) is 4.79 Å². The van der Waals surface area contributed by atoms with Gasteiger partial charge in [-0.3, -0.25) is 5.32 Å². The molecule has 7 nitrogen and oxygen atoms in total. The fraction of sp³-hybridized carbons (Fsp3) is 0. The lowest BCUT2D eigenvalue weighted by Gasteiger charge is -2.04. The first-order chi connectivity index (χ1) is 10.2. The van der Waals surface area contributed by atoms with Crippen LogP contribution in [0.1, 0.15) is 0 Å². The number of hydrogen-bond donors (Lipinski definition) is 2. The van der Waals surface area contributed by atoms with Crippen molar-refractivity contribution in [2.75, 3.05) is 10.6 Å². The molecule has 0 aliphatic rings. The number of anilines is 2. The van der Waals surface area contributed by atoms with Gasteiger partial charge in [-0.15, -0.1) is 5.10 Å². The lowest BCUT2D eigenvalue weighted by Crippen LogP contribution is -2.19. The fourth-order valence-corrected chi connectivity index (χ4v) is 1.69. The van der Waals surface area contributed by atoms with Crippen LogP contribution in [0.15, 0.2) is 51.5 Å². The Kier molecular flexibility index (Phi) is 3.57. The van der Waals surface area contributed by atoms with Gasteiger partial charge in [0.1, 0.15) is 0 Å². The molecular formula is C13H9ClN4O3. The third-order valence-electron chi connectivity index (χ3n) is 2.48. The maximum Gasteiger partial charge on any atom is 0.327 e. The van der Waals surface area contributed by atoms with Crippen molar-refractivity contribution >= 4 is 29.3 Å². The number of benzene rings is 1. The molecule has 2 aromatic heterocycles. The van der Waals surface area contributed by atoms with Gasteiger partial charge in [0.25, 0.3) is 5.89 Å².